The van der Waals surface area contributed by atoms with Crippen molar-refractivity contribution in [2.24, 2.45) is 41.4 Å². The minimum atomic E-state index is 0.875. The Morgan fingerprint density at radius 3 is 1.97 bits per heavy atom. The second kappa shape index (κ2) is 16.6. The van der Waals surface area contributed by atoms with E-state index in [1.165, 1.54) is 103 Å². The van der Waals surface area contributed by atoms with Gasteiger partial charge in [0.05, 0.1) is 0 Å². The standard InChI is InChI=1S/C30H60/c1-8-10-16-27(9-2)21-28(20-19-26(7)15-13-14-24(3)4)17-11-12-18-29-22-30(23-29)25(5)6/h24-30H,8-23H2,1-7H3. The maximum atomic E-state index is 2.52. The molecule has 0 aromatic carbocycles. The van der Waals surface area contributed by atoms with Gasteiger partial charge in [-0.05, 0) is 60.7 Å². The molecule has 0 bridgehead atoms. The van der Waals surface area contributed by atoms with Crippen LogP contribution in [0, 0.1) is 41.4 Å². The van der Waals surface area contributed by atoms with E-state index in [0.717, 1.165) is 41.4 Å². The van der Waals surface area contributed by atoms with Gasteiger partial charge < -0.3 is 0 Å². The highest BCUT2D eigenvalue weighted by molar-refractivity contribution is 4.81. The van der Waals surface area contributed by atoms with Crippen LogP contribution >= 0.6 is 0 Å². The van der Waals surface area contributed by atoms with Crippen molar-refractivity contribution in [1.82, 2.24) is 0 Å². The Morgan fingerprint density at radius 2 is 1.37 bits per heavy atom. The molecule has 1 aliphatic rings. The van der Waals surface area contributed by atoms with Gasteiger partial charge in [0.15, 0.2) is 0 Å². The van der Waals surface area contributed by atoms with Crippen molar-refractivity contribution < 1.29 is 0 Å². The zero-order valence-corrected chi connectivity index (χ0v) is 22.4. The molecule has 0 aromatic heterocycles. The molecule has 0 heteroatoms. The number of hydrogen-bond donors (Lipinski definition) is 0. The van der Waals surface area contributed by atoms with E-state index < -0.39 is 0 Å². The summed E-state index contributed by atoms with van der Waals surface area (Å²) in [6, 6.07) is 0. The molecule has 0 amide bonds. The Bertz CT molecular complexity index is 375. The molecule has 1 saturated carbocycles. The normalized spacial score (nSPS) is 22.3. The minimum absolute atomic E-state index is 0.875. The average molecular weight is 421 g/mol. The molecule has 3 unspecified atom stereocenters. The Balaban J connectivity index is 2.34. The average Bonchev–Trinajstić information content (AvgIpc) is 2.66. The van der Waals surface area contributed by atoms with Crippen molar-refractivity contribution in [3.63, 3.8) is 0 Å². The molecule has 3 atom stereocenters. The van der Waals surface area contributed by atoms with Gasteiger partial charge in [-0.1, -0.05) is 132 Å². The highest BCUT2D eigenvalue weighted by Crippen LogP contribution is 2.41. The van der Waals surface area contributed by atoms with Gasteiger partial charge in [-0.15, -0.1) is 0 Å². The van der Waals surface area contributed by atoms with Crippen LogP contribution in [0.25, 0.3) is 0 Å². The largest absolute Gasteiger partial charge is 0.0654 e. The molecule has 0 nitrogen and oxygen atoms in total. The molecule has 0 heterocycles. The predicted molar refractivity (Wildman–Crippen MR) is 138 cm³/mol. The Hall–Kier alpha value is 0. The van der Waals surface area contributed by atoms with E-state index in [9.17, 15) is 0 Å². The van der Waals surface area contributed by atoms with Crippen LogP contribution < -0.4 is 0 Å². The van der Waals surface area contributed by atoms with Gasteiger partial charge in [-0.25, -0.2) is 0 Å². The van der Waals surface area contributed by atoms with Gasteiger partial charge in [-0.2, -0.15) is 0 Å². The zero-order chi connectivity index (χ0) is 22.4. The Kier molecular flexibility index (Phi) is 15.5. The monoisotopic (exact) mass is 420 g/mol. The van der Waals surface area contributed by atoms with Crippen LogP contribution in [-0.2, 0) is 0 Å². The fourth-order valence-electron chi connectivity index (χ4n) is 5.81. The van der Waals surface area contributed by atoms with Gasteiger partial charge in [0, 0.05) is 0 Å². The summed E-state index contributed by atoms with van der Waals surface area (Å²) in [5.74, 6) is 6.84. The van der Waals surface area contributed by atoms with E-state index in [1.54, 1.807) is 0 Å². The van der Waals surface area contributed by atoms with Crippen LogP contribution in [0.2, 0.25) is 0 Å². The first-order valence-corrected chi connectivity index (χ1v) is 14.3. The van der Waals surface area contributed by atoms with Gasteiger partial charge in [-0.3, -0.25) is 0 Å². The van der Waals surface area contributed by atoms with Crippen molar-refractivity contribution >= 4 is 0 Å². The first-order chi connectivity index (χ1) is 14.3. The van der Waals surface area contributed by atoms with Crippen LogP contribution in [0.4, 0.5) is 0 Å². The van der Waals surface area contributed by atoms with Crippen molar-refractivity contribution in [1.29, 1.82) is 0 Å². The summed E-state index contributed by atoms with van der Waals surface area (Å²) in [6.07, 6.45) is 23.6. The molecule has 0 aromatic rings. The Labute approximate surface area is 192 Å². The summed E-state index contributed by atoms with van der Waals surface area (Å²) in [5.41, 5.74) is 0. The summed E-state index contributed by atoms with van der Waals surface area (Å²) in [5, 5.41) is 0. The summed E-state index contributed by atoms with van der Waals surface area (Å²) >= 11 is 0. The number of unbranched alkanes of at least 4 members (excludes halogenated alkanes) is 2. The zero-order valence-electron chi connectivity index (χ0n) is 22.4. The fourth-order valence-corrected chi connectivity index (χ4v) is 5.81. The topological polar surface area (TPSA) is 0 Å². The third kappa shape index (κ3) is 12.8. The fraction of sp³-hybridized carbons (Fsp3) is 1.00. The van der Waals surface area contributed by atoms with E-state index >= 15 is 0 Å². The molecule has 1 aliphatic carbocycles. The lowest BCUT2D eigenvalue weighted by Crippen LogP contribution is -2.27. The van der Waals surface area contributed by atoms with Gasteiger partial charge in [0.25, 0.3) is 0 Å². The van der Waals surface area contributed by atoms with Crippen LogP contribution in [0.15, 0.2) is 0 Å². The molecule has 0 N–H and O–H groups in total. The third-order valence-electron chi connectivity index (χ3n) is 8.45. The summed E-state index contributed by atoms with van der Waals surface area (Å²) in [6.45, 7) is 16.9. The van der Waals surface area contributed by atoms with Crippen LogP contribution in [0.1, 0.15) is 151 Å². The van der Waals surface area contributed by atoms with Gasteiger partial charge in [0.1, 0.15) is 0 Å². The van der Waals surface area contributed by atoms with E-state index in [0.29, 0.717) is 0 Å². The molecule has 1 fully saturated rings. The Morgan fingerprint density at radius 1 is 0.667 bits per heavy atom. The SMILES string of the molecule is CCCCC(CC)CC(CCCCC1CC(C(C)C)C1)CCC(C)CCCC(C)C. The lowest BCUT2D eigenvalue weighted by molar-refractivity contribution is 0.130. The maximum Gasteiger partial charge on any atom is -0.0386 e. The minimum Gasteiger partial charge on any atom is -0.0654 e. The van der Waals surface area contributed by atoms with Crippen molar-refractivity contribution in [2.75, 3.05) is 0 Å². The lowest BCUT2D eigenvalue weighted by Gasteiger charge is -2.38. The molecule has 0 aliphatic heterocycles. The predicted octanol–water partition coefficient (Wildman–Crippen LogP) is 10.7. The molecular formula is C30H60. The molecule has 1 rings (SSSR count). The van der Waals surface area contributed by atoms with Crippen molar-refractivity contribution in [3.05, 3.63) is 0 Å². The number of rotatable bonds is 19. The van der Waals surface area contributed by atoms with Gasteiger partial charge >= 0.3 is 0 Å². The smallest absolute Gasteiger partial charge is 0.0386 e. The molecule has 180 valence electrons. The molecule has 30 heavy (non-hydrogen) atoms. The number of hydrogen-bond acceptors (Lipinski definition) is 0. The van der Waals surface area contributed by atoms with Crippen molar-refractivity contribution in [2.45, 2.75) is 151 Å². The van der Waals surface area contributed by atoms with Crippen LogP contribution in [0.3, 0.4) is 0 Å². The highest BCUT2D eigenvalue weighted by Gasteiger charge is 2.30. The van der Waals surface area contributed by atoms with Crippen molar-refractivity contribution in [3.8, 4) is 0 Å². The second-order valence-corrected chi connectivity index (χ2v) is 12.2. The first kappa shape index (κ1) is 28.0. The van der Waals surface area contributed by atoms with Crippen LogP contribution in [0.5, 0.6) is 0 Å². The third-order valence-corrected chi connectivity index (χ3v) is 8.45. The second-order valence-electron chi connectivity index (χ2n) is 12.2. The summed E-state index contributed by atoms with van der Waals surface area (Å²) in [4.78, 5) is 0. The molecule has 0 spiro atoms. The summed E-state index contributed by atoms with van der Waals surface area (Å²) < 4.78 is 0. The summed E-state index contributed by atoms with van der Waals surface area (Å²) in [7, 11) is 0. The highest BCUT2D eigenvalue weighted by atomic mass is 14.4. The van der Waals surface area contributed by atoms with E-state index in [1.807, 2.05) is 0 Å². The molecular weight excluding hydrogens is 360 g/mol. The quantitative estimate of drug-likeness (QED) is 0.182. The molecule has 0 saturated heterocycles. The van der Waals surface area contributed by atoms with E-state index in [4.69, 9.17) is 0 Å². The van der Waals surface area contributed by atoms with E-state index in [-0.39, 0.29) is 0 Å². The lowest BCUT2D eigenvalue weighted by atomic mass is 9.68. The van der Waals surface area contributed by atoms with Crippen LogP contribution in [-0.4, -0.2) is 0 Å². The molecule has 0 radical (unpaired) electrons. The maximum absolute atomic E-state index is 2.52. The van der Waals surface area contributed by atoms with E-state index in [2.05, 4.69) is 48.5 Å². The first-order valence-electron chi connectivity index (χ1n) is 14.3. The van der Waals surface area contributed by atoms with Gasteiger partial charge in [0.2, 0.25) is 0 Å².